The summed E-state index contributed by atoms with van der Waals surface area (Å²) in [6, 6.07) is 15.7. The van der Waals surface area contributed by atoms with Gasteiger partial charge in [-0.1, -0.05) is 55.0 Å². The van der Waals surface area contributed by atoms with Crippen LogP contribution in [0.15, 0.2) is 66.7 Å². The minimum absolute atomic E-state index is 0.176. The van der Waals surface area contributed by atoms with E-state index in [0.29, 0.717) is 35.3 Å². The molecule has 4 rings (SSSR count). The summed E-state index contributed by atoms with van der Waals surface area (Å²) in [7, 11) is 1.34. The number of halogens is 2. The van der Waals surface area contributed by atoms with Crippen molar-refractivity contribution in [3.05, 3.63) is 83.4 Å². The van der Waals surface area contributed by atoms with Crippen LogP contribution >= 0.6 is 23.0 Å². The Balaban J connectivity index is 1.55. The van der Waals surface area contributed by atoms with Gasteiger partial charge in [-0.15, -0.1) is 0 Å². The molecule has 0 bridgehead atoms. The first-order valence-electron chi connectivity index (χ1n) is 14.3. The highest BCUT2D eigenvalue weighted by molar-refractivity contribution is 14.1. The molecule has 0 aromatic heterocycles. The van der Waals surface area contributed by atoms with Crippen LogP contribution in [0.5, 0.6) is 11.5 Å². The standard InChI is InChI=1S/C33H38BFINO5/c1-20-5-9-25-10-13-27(30(28(25)18-20)40-19-23-6-11-26(12-7-23)41-33(4,34)35)31(38)37-29(32(39)42-36)14-8-24-16-21(2)15-22(3)17-24/h5-7,9-13,18,22,24,29H,2,8,14-17,19,34H2,1,3-4H3,(H,37,38). The number of carbonyl (C=O) groups excluding carboxylic acids is 2. The first-order chi connectivity index (χ1) is 19.9. The van der Waals surface area contributed by atoms with E-state index in [4.69, 9.17) is 12.5 Å². The number of allylic oxidation sites excluding steroid dienone is 1. The van der Waals surface area contributed by atoms with Gasteiger partial charge in [-0.25, -0.2) is 9.18 Å². The maximum absolute atomic E-state index is 13.9. The quantitative estimate of drug-likeness (QED) is 0.132. The first-order valence-corrected chi connectivity index (χ1v) is 15.2. The fourth-order valence-electron chi connectivity index (χ4n) is 5.71. The van der Waals surface area contributed by atoms with Crippen molar-refractivity contribution in [1.82, 2.24) is 5.32 Å². The van der Waals surface area contributed by atoms with E-state index in [0.717, 1.165) is 47.6 Å². The summed E-state index contributed by atoms with van der Waals surface area (Å²) >= 11 is 1.57. The Morgan fingerprint density at radius 1 is 1.17 bits per heavy atom. The molecule has 42 heavy (non-hydrogen) atoms. The average molecular weight is 685 g/mol. The Morgan fingerprint density at radius 3 is 2.55 bits per heavy atom. The van der Waals surface area contributed by atoms with Crippen molar-refractivity contribution in [3.8, 4) is 11.5 Å². The molecular formula is C33H38BFINO5. The minimum atomic E-state index is -1.79. The van der Waals surface area contributed by atoms with Gasteiger partial charge in [0, 0.05) is 5.39 Å². The van der Waals surface area contributed by atoms with Crippen molar-refractivity contribution in [2.24, 2.45) is 11.8 Å². The number of ether oxygens (including phenoxy) is 2. The number of rotatable bonds is 11. The van der Waals surface area contributed by atoms with Crippen LogP contribution in [0.4, 0.5) is 4.39 Å². The fraction of sp³-hybridized carbons (Fsp3) is 0.394. The van der Waals surface area contributed by atoms with Gasteiger partial charge in [0.1, 0.15) is 24.1 Å². The summed E-state index contributed by atoms with van der Waals surface area (Å²) < 4.78 is 30.5. The molecule has 0 saturated heterocycles. The molecule has 0 aliphatic heterocycles. The van der Waals surface area contributed by atoms with E-state index < -0.39 is 23.7 Å². The molecule has 1 amide bonds. The second-order valence-corrected chi connectivity index (χ2v) is 12.4. The molecule has 0 radical (unpaired) electrons. The third kappa shape index (κ3) is 8.72. The van der Waals surface area contributed by atoms with E-state index >= 15 is 0 Å². The zero-order valence-electron chi connectivity index (χ0n) is 24.7. The van der Waals surface area contributed by atoms with E-state index in [1.807, 2.05) is 31.2 Å². The molecule has 1 saturated carbocycles. The lowest BCUT2D eigenvalue weighted by Crippen LogP contribution is -2.41. The molecule has 0 heterocycles. The van der Waals surface area contributed by atoms with Crippen molar-refractivity contribution in [1.29, 1.82) is 0 Å². The van der Waals surface area contributed by atoms with Crippen molar-refractivity contribution in [3.63, 3.8) is 0 Å². The number of benzene rings is 3. The number of amides is 1. The predicted molar refractivity (Wildman–Crippen MR) is 174 cm³/mol. The van der Waals surface area contributed by atoms with Crippen LogP contribution in [0, 0.1) is 18.8 Å². The minimum Gasteiger partial charge on any atom is -0.487 e. The van der Waals surface area contributed by atoms with Crippen LogP contribution in [-0.4, -0.2) is 31.5 Å². The second-order valence-electron chi connectivity index (χ2n) is 11.9. The smallest absolute Gasteiger partial charge is 0.338 e. The van der Waals surface area contributed by atoms with E-state index in [1.165, 1.54) is 20.3 Å². The van der Waals surface area contributed by atoms with Gasteiger partial charge in [0.15, 0.2) is 23.0 Å². The van der Waals surface area contributed by atoms with Crippen LogP contribution in [0.1, 0.15) is 67.4 Å². The summed E-state index contributed by atoms with van der Waals surface area (Å²) in [6.45, 7) is 9.91. The van der Waals surface area contributed by atoms with Gasteiger partial charge >= 0.3 is 5.97 Å². The topological polar surface area (TPSA) is 73.9 Å². The monoisotopic (exact) mass is 685 g/mol. The number of alkyl halides is 1. The lowest BCUT2D eigenvalue weighted by Gasteiger charge is -2.29. The van der Waals surface area contributed by atoms with Crippen molar-refractivity contribution < 1.29 is 26.5 Å². The zero-order chi connectivity index (χ0) is 30.4. The fourth-order valence-corrected chi connectivity index (χ4v) is 6.02. The van der Waals surface area contributed by atoms with Gasteiger partial charge in [-0.05, 0) is 93.0 Å². The van der Waals surface area contributed by atoms with Crippen molar-refractivity contribution >= 4 is 53.5 Å². The van der Waals surface area contributed by atoms with Gasteiger partial charge in [-0.3, -0.25) is 4.79 Å². The molecule has 1 aliphatic carbocycles. The van der Waals surface area contributed by atoms with E-state index in [9.17, 15) is 14.0 Å². The molecular weight excluding hydrogens is 647 g/mol. The SMILES string of the molecule is BC(C)(F)Oc1ccc(COc2c(C(=O)NC(CCC3CC(=C)CC(C)C3)C(=O)OI)ccc3ccc(C)cc23)cc1. The van der Waals surface area contributed by atoms with E-state index in [2.05, 4.69) is 18.8 Å². The van der Waals surface area contributed by atoms with Crippen LogP contribution in [0.2, 0.25) is 0 Å². The number of nitrogens with one attached hydrogen (secondary N) is 1. The molecule has 3 aromatic carbocycles. The molecule has 6 nitrogen and oxygen atoms in total. The van der Waals surface area contributed by atoms with Crippen LogP contribution in [0.25, 0.3) is 10.8 Å². The Hall–Kier alpha value is -3.08. The molecule has 0 spiro atoms. The lowest BCUT2D eigenvalue weighted by molar-refractivity contribution is -0.133. The largest absolute Gasteiger partial charge is 0.487 e. The van der Waals surface area contributed by atoms with Crippen LogP contribution < -0.4 is 14.8 Å². The van der Waals surface area contributed by atoms with Gasteiger partial charge in [0.25, 0.3) is 5.91 Å². The summed E-state index contributed by atoms with van der Waals surface area (Å²) in [5.41, 5.74) is 3.43. The molecule has 1 fully saturated rings. The first kappa shape index (κ1) is 31.9. The highest BCUT2D eigenvalue weighted by atomic mass is 127. The van der Waals surface area contributed by atoms with Gasteiger partial charge in [-0.2, -0.15) is 0 Å². The molecule has 1 aliphatic rings. The number of carbonyl (C=O) groups is 2. The van der Waals surface area contributed by atoms with Gasteiger partial charge in [0.05, 0.1) is 5.56 Å². The van der Waals surface area contributed by atoms with Crippen LogP contribution in [-0.2, 0) is 14.5 Å². The number of hydrogen-bond donors (Lipinski definition) is 1. The number of fused-ring (bicyclic) bond motifs is 1. The second kappa shape index (κ2) is 13.9. The Morgan fingerprint density at radius 2 is 1.88 bits per heavy atom. The number of hydrogen-bond acceptors (Lipinski definition) is 5. The molecule has 1 N–H and O–H groups in total. The maximum atomic E-state index is 13.9. The summed E-state index contributed by atoms with van der Waals surface area (Å²) in [5, 5.41) is 4.64. The summed E-state index contributed by atoms with van der Waals surface area (Å²) in [6.07, 6.45) is 4.35. The third-order valence-corrected chi connectivity index (χ3v) is 7.95. The summed E-state index contributed by atoms with van der Waals surface area (Å²) in [4.78, 5) is 26.4. The molecule has 222 valence electrons. The van der Waals surface area contributed by atoms with E-state index in [-0.39, 0.29) is 6.61 Å². The molecule has 4 atom stereocenters. The lowest BCUT2D eigenvalue weighted by atomic mass is 9.77. The normalized spacial score (nSPS) is 19.0. The predicted octanol–water partition coefficient (Wildman–Crippen LogP) is 7.15. The highest BCUT2D eigenvalue weighted by Crippen LogP contribution is 2.35. The Bertz CT molecular complexity index is 1440. The Labute approximate surface area is 262 Å². The molecule has 9 heteroatoms. The zero-order valence-corrected chi connectivity index (χ0v) is 26.8. The van der Waals surface area contributed by atoms with Crippen molar-refractivity contribution in [2.45, 2.75) is 71.3 Å². The van der Waals surface area contributed by atoms with E-state index in [1.54, 1.807) is 53.3 Å². The third-order valence-electron chi connectivity index (χ3n) is 7.52. The van der Waals surface area contributed by atoms with Crippen molar-refractivity contribution in [2.75, 3.05) is 0 Å². The maximum Gasteiger partial charge on any atom is 0.338 e. The highest BCUT2D eigenvalue weighted by Gasteiger charge is 2.28. The Kier molecular flexibility index (Phi) is 10.6. The van der Waals surface area contributed by atoms with Gasteiger partial charge in [0.2, 0.25) is 13.6 Å². The number of aryl methyl sites for hydroxylation is 1. The average Bonchev–Trinajstić information content (AvgIpc) is 2.92. The molecule has 3 aromatic rings. The molecule has 4 unspecified atom stereocenters. The summed E-state index contributed by atoms with van der Waals surface area (Å²) in [5.74, 6) is -0.837. The van der Waals surface area contributed by atoms with Gasteiger partial charge < -0.3 is 17.9 Å². The van der Waals surface area contributed by atoms with Crippen LogP contribution in [0.3, 0.4) is 0 Å².